The molecule has 0 fully saturated rings. The summed E-state index contributed by atoms with van der Waals surface area (Å²) in [6.07, 6.45) is 0. The van der Waals surface area contributed by atoms with Crippen LogP contribution in [0.5, 0.6) is 0 Å². The van der Waals surface area contributed by atoms with Crippen LogP contribution in [0.1, 0.15) is 31.5 Å². The summed E-state index contributed by atoms with van der Waals surface area (Å²) in [5.41, 5.74) is -1.59. The Hall–Kier alpha value is -7.75. The maximum atomic E-state index is 9.56. The first kappa shape index (κ1) is 18.0. The highest BCUT2D eigenvalue weighted by Gasteiger charge is 2.16. The van der Waals surface area contributed by atoms with Gasteiger partial charge in [-0.3, -0.25) is 0 Å². The van der Waals surface area contributed by atoms with E-state index in [2.05, 4.69) is 15.0 Å². The van der Waals surface area contributed by atoms with Crippen molar-refractivity contribution < 1.29 is 31.5 Å². The van der Waals surface area contributed by atoms with E-state index in [0.717, 1.165) is 21.9 Å². The fourth-order valence-corrected chi connectivity index (χ4v) is 6.31. The van der Waals surface area contributed by atoms with Gasteiger partial charge < -0.3 is 0 Å². The summed E-state index contributed by atoms with van der Waals surface area (Å²) < 4.78 is 202. The fourth-order valence-electron chi connectivity index (χ4n) is 6.31. The van der Waals surface area contributed by atoms with Gasteiger partial charge in [0.05, 0.1) is 31.5 Å². The molecule has 0 atom stereocenters. The third-order valence-corrected chi connectivity index (χ3v) is 9.09. The number of aromatic nitrogens is 3. The van der Waals surface area contributed by atoms with Crippen molar-refractivity contribution in [3.63, 3.8) is 0 Å². The Labute approximate surface area is 371 Å². The van der Waals surface area contributed by atoms with Crippen LogP contribution in [-0.2, 0) is 0 Å². The summed E-state index contributed by atoms with van der Waals surface area (Å²) in [5, 5.41) is 1.62. The molecular formula is C55H37N3. The minimum absolute atomic E-state index is 0.0209. The van der Waals surface area contributed by atoms with Crippen molar-refractivity contribution in [3.8, 4) is 89.8 Å². The van der Waals surface area contributed by atoms with Crippen LogP contribution >= 0.6 is 0 Å². The highest BCUT2D eigenvalue weighted by Crippen LogP contribution is 2.36. The number of benzene rings is 9. The van der Waals surface area contributed by atoms with Crippen molar-refractivity contribution in [1.29, 1.82) is 0 Å². The van der Waals surface area contributed by atoms with Crippen molar-refractivity contribution in [2.45, 2.75) is 0 Å². The number of hydrogen-bond acceptors (Lipinski definition) is 3. The van der Waals surface area contributed by atoms with Gasteiger partial charge in [-0.05, 0) is 103 Å². The maximum absolute atomic E-state index is 9.56. The molecule has 0 amide bonds. The van der Waals surface area contributed by atoms with E-state index >= 15 is 0 Å². The van der Waals surface area contributed by atoms with Crippen molar-refractivity contribution in [2.75, 3.05) is 0 Å². The van der Waals surface area contributed by atoms with Gasteiger partial charge in [-0.2, -0.15) is 0 Å². The van der Waals surface area contributed by atoms with E-state index in [4.69, 9.17) is 23.3 Å². The first-order chi connectivity index (χ1) is 38.3. The van der Waals surface area contributed by atoms with E-state index < -0.39 is 190 Å². The van der Waals surface area contributed by atoms with E-state index in [1.54, 1.807) is 18.2 Å². The lowest BCUT2D eigenvalue weighted by Crippen LogP contribution is -2.01. The predicted molar refractivity (Wildman–Crippen MR) is 241 cm³/mol. The fraction of sp³-hybridized carbons (Fsp3) is 0. The Morgan fingerprint density at radius 3 is 1.28 bits per heavy atom. The molecule has 0 aliphatic rings. The van der Waals surface area contributed by atoms with Crippen LogP contribution in [-0.4, -0.2) is 15.0 Å². The second-order valence-electron chi connectivity index (χ2n) is 12.7. The number of fused-ring (bicyclic) bond motifs is 1. The Kier molecular flexibility index (Phi) is 4.79. The quantitative estimate of drug-likeness (QED) is 0.155. The summed E-state index contributed by atoms with van der Waals surface area (Å²) in [4.78, 5) is 13.8. The minimum atomic E-state index is -0.920. The molecule has 0 aliphatic carbocycles. The Morgan fingerprint density at radius 1 is 0.259 bits per heavy atom. The summed E-state index contributed by atoms with van der Waals surface area (Å²) in [7, 11) is 0. The normalized spacial score (nSPS) is 16.7. The summed E-state index contributed by atoms with van der Waals surface area (Å²) in [6, 6.07) is 6.77. The first-order valence-corrected chi connectivity index (χ1v) is 17.7. The van der Waals surface area contributed by atoms with E-state index in [1.807, 2.05) is 60.7 Å². The van der Waals surface area contributed by atoms with Crippen molar-refractivity contribution in [3.05, 3.63) is 224 Å². The van der Waals surface area contributed by atoms with Gasteiger partial charge in [0.25, 0.3) is 0 Å². The molecule has 3 nitrogen and oxygen atoms in total. The Balaban J connectivity index is 1.31. The van der Waals surface area contributed by atoms with E-state index in [-0.39, 0.29) is 16.7 Å². The molecule has 0 spiro atoms. The second kappa shape index (κ2) is 15.4. The molecule has 0 unspecified atom stereocenters. The van der Waals surface area contributed by atoms with Crippen LogP contribution in [0.2, 0.25) is 0 Å². The van der Waals surface area contributed by atoms with Gasteiger partial charge in [0.2, 0.25) is 0 Å². The molecule has 0 bridgehead atoms. The predicted octanol–water partition coefficient (Wildman–Crippen LogP) is 14.4. The van der Waals surface area contributed by atoms with Gasteiger partial charge >= 0.3 is 0 Å². The zero-order valence-corrected chi connectivity index (χ0v) is 29.9. The van der Waals surface area contributed by atoms with E-state index in [9.17, 15) is 8.22 Å². The smallest absolute Gasteiger partial charge is 0.164 e. The van der Waals surface area contributed by atoms with Crippen molar-refractivity contribution in [2.24, 2.45) is 0 Å². The first-order valence-electron chi connectivity index (χ1n) is 29.2. The third kappa shape index (κ3) is 7.21. The topological polar surface area (TPSA) is 38.7 Å². The van der Waals surface area contributed by atoms with Gasteiger partial charge in [0.1, 0.15) is 0 Å². The third-order valence-electron chi connectivity index (χ3n) is 9.09. The lowest BCUT2D eigenvalue weighted by Gasteiger charge is -2.13. The lowest BCUT2D eigenvalue weighted by atomic mass is 9.93. The molecular weight excluding hydrogens is 703 g/mol. The molecule has 1 aromatic heterocycles. The largest absolute Gasteiger partial charge is 0.208 e. The van der Waals surface area contributed by atoms with Gasteiger partial charge in [-0.15, -0.1) is 0 Å². The average Bonchev–Trinajstić information content (AvgIpc) is 2.92. The minimum Gasteiger partial charge on any atom is -0.208 e. The van der Waals surface area contributed by atoms with Gasteiger partial charge in [0, 0.05) is 16.7 Å². The van der Waals surface area contributed by atoms with E-state index in [0.29, 0.717) is 11.1 Å². The molecule has 272 valence electrons. The zero-order valence-electron chi connectivity index (χ0n) is 52.9. The molecule has 10 aromatic rings. The summed E-state index contributed by atoms with van der Waals surface area (Å²) >= 11 is 0. The van der Waals surface area contributed by atoms with Gasteiger partial charge in [0.15, 0.2) is 17.5 Å². The lowest BCUT2D eigenvalue weighted by molar-refractivity contribution is 1.07. The van der Waals surface area contributed by atoms with Crippen molar-refractivity contribution >= 4 is 10.8 Å². The van der Waals surface area contributed by atoms with Crippen LogP contribution in [0.15, 0.2) is 224 Å². The zero-order chi connectivity index (χ0) is 58.7. The monoisotopic (exact) mass is 762 g/mol. The van der Waals surface area contributed by atoms with Crippen LogP contribution in [0.4, 0.5) is 0 Å². The molecule has 58 heavy (non-hydrogen) atoms. The molecule has 0 saturated heterocycles. The number of hydrogen-bond donors (Lipinski definition) is 0. The average molecular weight is 763 g/mol. The maximum Gasteiger partial charge on any atom is 0.164 e. The molecule has 9 aromatic carbocycles. The van der Waals surface area contributed by atoms with Gasteiger partial charge in [-0.1, -0.05) is 188 Å². The Morgan fingerprint density at radius 2 is 0.672 bits per heavy atom. The molecule has 0 radical (unpaired) electrons. The molecule has 1 heterocycles. The molecule has 0 saturated carbocycles. The van der Waals surface area contributed by atoms with E-state index in [1.165, 1.54) is 6.07 Å². The highest BCUT2D eigenvalue weighted by atomic mass is 15.0. The van der Waals surface area contributed by atoms with Crippen molar-refractivity contribution in [1.82, 2.24) is 15.0 Å². The summed E-state index contributed by atoms with van der Waals surface area (Å²) in [5.74, 6) is -1.87. The molecule has 0 N–H and O–H groups in total. The van der Waals surface area contributed by atoms with Crippen LogP contribution in [0.25, 0.3) is 101 Å². The molecule has 0 aliphatic heterocycles. The highest BCUT2D eigenvalue weighted by molar-refractivity contribution is 5.92. The molecule has 10 rings (SSSR count). The van der Waals surface area contributed by atoms with Gasteiger partial charge in [-0.25, -0.2) is 15.0 Å². The summed E-state index contributed by atoms with van der Waals surface area (Å²) in [6.45, 7) is 0. The molecule has 3 heteroatoms. The van der Waals surface area contributed by atoms with Crippen LogP contribution in [0.3, 0.4) is 0 Å². The van der Waals surface area contributed by atoms with Crippen LogP contribution < -0.4 is 0 Å². The number of rotatable bonds is 8. The standard InChI is InChI=1S/C55H37N3/c1-5-14-38(15-6-1)42-24-26-43(27-25-42)53-56-54(49-23-13-22-44(34-49)39-16-7-2-8-17-39)58-55(57-53)52-36-50(41-20-11-4-12-21-41)35-51(37-52)48-31-30-46-32-45(28-29-47(46)33-48)40-18-9-3-10-19-40/h1-37H/i1D,2D,4D,5D,6D,7D,8D,11D,12D,13D,14D,15D,16D,17D,20D,21D,22D,23D,24D,25D,26D,27D,34D. The van der Waals surface area contributed by atoms with Crippen LogP contribution in [0, 0.1) is 0 Å². The number of nitrogens with zero attached hydrogens (tertiary/aromatic N) is 3. The second-order valence-corrected chi connectivity index (χ2v) is 12.7. The SMILES string of the molecule is [2H]c1c([2H])c([2H])c(-c2cc(-c3ccc4cc(-c5ccccc5)ccc4c3)cc(-c3nc(-c4c([2H])c([2H])c(-c5c([2H])c([2H])c([2H])c([2H])c5[2H])c([2H])c4[2H])nc(-c4c([2H])c([2H])c([2H])c(-c5c([2H])c([2H])c([2H])c([2H])c5[2H])c4[2H])n3)c2)c([2H])c1[2H]. The Bertz CT molecular complexity index is 4280.